The molecular weight excluding hydrogens is 350 g/mol. The summed E-state index contributed by atoms with van der Waals surface area (Å²) < 4.78 is 5.49. The van der Waals surface area contributed by atoms with Crippen molar-refractivity contribution in [3.63, 3.8) is 0 Å². The quantitative estimate of drug-likeness (QED) is 0.757. The highest BCUT2D eigenvalue weighted by Gasteiger charge is 2.36. The van der Waals surface area contributed by atoms with Gasteiger partial charge in [0.1, 0.15) is 10.9 Å². The first-order chi connectivity index (χ1) is 12.7. The van der Waals surface area contributed by atoms with E-state index in [1.807, 2.05) is 37.3 Å². The van der Waals surface area contributed by atoms with Crippen LogP contribution in [0.2, 0.25) is 0 Å². The van der Waals surface area contributed by atoms with Crippen LogP contribution in [-0.4, -0.2) is 32.5 Å². The van der Waals surface area contributed by atoms with Gasteiger partial charge >= 0.3 is 0 Å². The number of nitrogen functional groups attached to an aromatic ring is 1. The summed E-state index contributed by atoms with van der Waals surface area (Å²) in [4.78, 5) is 24.3. The van der Waals surface area contributed by atoms with Crippen LogP contribution in [-0.2, 0) is 6.42 Å². The molecular formula is C18H19N5O2S. The van der Waals surface area contributed by atoms with Gasteiger partial charge in [-0.3, -0.25) is 4.79 Å². The van der Waals surface area contributed by atoms with Gasteiger partial charge in [0.05, 0.1) is 5.69 Å². The highest BCUT2D eigenvalue weighted by atomic mass is 32.1. The van der Waals surface area contributed by atoms with Gasteiger partial charge in [-0.15, -0.1) is 0 Å². The maximum Gasteiger partial charge on any atom is 0.266 e. The number of likely N-dealkylation sites (tertiary alicyclic amines) is 1. The van der Waals surface area contributed by atoms with Gasteiger partial charge in [0.15, 0.2) is 5.13 Å². The van der Waals surface area contributed by atoms with Gasteiger partial charge in [-0.25, -0.2) is 4.98 Å². The van der Waals surface area contributed by atoms with Crippen LogP contribution in [0.15, 0.2) is 34.9 Å². The summed E-state index contributed by atoms with van der Waals surface area (Å²) in [5, 5.41) is 4.50. The van der Waals surface area contributed by atoms with Crippen molar-refractivity contribution in [2.75, 3.05) is 12.3 Å². The summed E-state index contributed by atoms with van der Waals surface area (Å²) in [5.41, 5.74) is 7.44. The zero-order valence-electron chi connectivity index (χ0n) is 14.4. The third-order valence-corrected chi connectivity index (χ3v) is 5.43. The number of hydrogen-bond donors (Lipinski definition) is 1. The molecule has 2 N–H and O–H groups in total. The van der Waals surface area contributed by atoms with Gasteiger partial charge < -0.3 is 15.2 Å². The monoisotopic (exact) mass is 369 g/mol. The summed E-state index contributed by atoms with van der Waals surface area (Å²) in [6.07, 6.45) is 2.37. The Hall–Kier alpha value is -2.74. The van der Waals surface area contributed by atoms with E-state index in [4.69, 9.17) is 10.3 Å². The fraction of sp³-hybridized carbons (Fsp3) is 0.333. The first-order valence-corrected chi connectivity index (χ1v) is 9.44. The molecule has 1 amide bonds. The molecule has 134 valence electrons. The molecule has 0 bridgehead atoms. The van der Waals surface area contributed by atoms with Crippen LogP contribution in [0.5, 0.6) is 0 Å². The molecule has 1 saturated heterocycles. The Labute approximate surface area is 154 Å². The third kappa shape index (κ3) is 2.96. The van der Waals surface area contributed by atoms with E-state index in [0.717, 1.165) is 24.1 Å². The number of rotatable bonds is 4. The first-order valence-electron chi connectivity index (χ1n) is 8.62. The number of carbonyl (C=O) groups is 1. The molecule has 1 unspecified atom stereocenters. The Kier molecular flexibility index (Phi) is 4.42. The summed E-state index contributed by atoms with van der Waals surface area (Å²) in [5.74, 6) is 0.958. The van der Waals surface area contributed by atoms with E-state index in [1.54, 1.807) is 4.90 Å². The molecule has 1 fully saturated rings. The number of anilines is 1. The van der Waals surface area contributed by atoms with E-state index in [2.05, 4.69) is 15.1 Å². The van der Waals surface area contributed by atoms with Gasteiger partial charge in [-0.05, 0) is 19.3 Å². The Morgan fingerprint density at radius 2 is 2.15 bits per heavy atom. The Balaban J connectivity index is 1.61. The molecule has 1 aliphatic rings. The fourth-order valence-electron chi connectivity index (χ4n) is 3.25. The molecule has 8 heteroatoms. The Morgan fingerprint density at radius 3 is 2.92 bits per heavy atom. The Morgan fingerprint density at radius 1 is 1.35 bits per heavy atom. The van der Waals surface area contributed by atoms with Gasteiger partial charge in [0, 0.05) is 12.1 Å². The molecule has 4 rings (SSSR count). The van der Waals surface area contributed by atoms with Crippen molar-refractivity contribution in [3.8, 4) is 11.4 Å². The average Bonchev–Trinajstić information content (AvgIpc) is 3.40. The number of nitrogens with two attached hydrogens (primary N) is 1. The number of nitrogens with zero attached hydrogens (tertiary/aromatic N) is 4. The van der Waals surface area contributed by atoms with Crippen LogP contribution in [0.25, 0.3) is 11.4 Å². The van der Waals surface area contributed by atoms with Crippen molar-refractivity contribution in [2.45, 2.75) is 32.2 Å². The summed E-state index contributed by atoms with van der Waals surface area (Å²) in [6, 6.07) is 9.45. The van der Waals surface area contributed by atoms with Crippen molar-refractivity contribution in [1.29, 1.82) is 0 Å². The SMILES string of the molecule is CCc1nc(N)sc1C(=O)N1CCCC1c1nc(-c2ccccc2)no1. The average molecular weight is 369 g/mol. The molecule has 3 heterocycles. The standard InChI is InChI=1S/C18H19N5O2S/c1-2-12-14(26-18(19)20-12)17(24)23-10-6-9-13(23)16-21-15(22-25-16)11-7-4-3-5-8-11/h3-5,7-8,13H,2,6,9-10H2,1H3,(H2,19,20). The molecule has 1 aliphatic heterocycles. The molecule has 1 aromatic carbocycles. The van der Waals surface area contributed by atoms with Gasteiger partial charge in [0.2, 0.25) is 11.7 Å². The van der Waals surface area contributed by atoms with Gasteiger partial charge in [-0.1, -0.05) is 53.7 Å². The summed E-state index contributed by atoms with van der Waals surface area (Å²) in [7, 11) is 0. The second-order valence-electron chi connectivity index (χ2n) is 6.16. The fourth-order valence-corrected chi connectivity index (χ4v) is 4.13. The predicted molar refractivity (Wildman–Crippen MR) is 98.6 cm³/mol. The lowest BCUT2D eigenvalue weighted by Gasteiger charge is -2.21. The van der Waals surface area contributed by atoms with Gasteiger partial charge in [-0.2, -0.15) is 4.98 Å². The first kappa shape index (κ1) is 16.7. The minimum atomic E-state index is -0.208. The second kappa shape index (κ2) is 6.87. The van der Waals surface area contributed by atoms with E-state index in [1.165, 1.54) is 11.3 Å². The minimum absolute atomic E-state index is 0.0574. The number of hydrogen-bond acceptors (Lipinski definition) is 7. The van der Waals surface area contributed by atoms with E-state index in [0.29, 0.717) is 34.7 Å². The predicted octanol–water partition coefficient (Wildman–Crippen LogP) is 3.32. The second-order valence-corrected chi connectivity index (χ2v) is 7.19. The normalized spacial score (nSPS) is 17.0. The van der Waals surface area contributed by atoms with E-state index in [9.17, 15) is 4.79 Å². The van der Waals surface area contributed by atoms with Crippen molar-refractivity contribution >= 4 is 22.4 Å². The highest BCUT2D eigenvalue weighted by Crippen LogP contribution is 2.35. The number of aromatic nitrogens is 3. The number of benzene rings is 1. The van der Waals surface area contributed by atoms with Crippen LogP contribution in [0.4, 0.5) is 5.13 Å². The molecule has 1 atom stereocenters. The lowest BCUT2D eigenvalue weighted by molar-refractivity contribution is 0.0713. The maximum absolute atomic E-state index is 13.1. The van der Waals surface area contributed by atoms with E-state index < -0.39 is 0 Å². The van der Waals surface area contributed by atoms with Crippen LogP contribution in [0, 0.1) is 0 Å². The molecule has 0 saturated carbocycles. The zero-order valence-corrected chi connectivity index (χ0v) is 15.2. The molecule has 7 nitrogen and oxygen atoms in total. The van der Waals surface area contributed by atoms with Crippen molar-refractivity contribution in [1.82, 2.24) is 20.0 Å². The smallest absolute Gasteiger partial charge is 0.266 e. The topological polar surface area (TPSA) is 98.1 Å². The van der Waals surface area contributed by atoms with Crippen LogP contribution in [0.1, 0.15) is 47.1 Å². The van der Waals surface area contributed by atoms with E-state index >= 15 is 0 Å². The third-order valence-electron chi connectivity index (χ3n) is 4.52. The van der Waals surface area contributed by atoms with Crippen molar-refractivity contribution in [3.05, 3.63) is 46.8 Å². The molecule has 3 aromatic rings. The molecule has 2 aromatic heterocycles. The van der Waals surface area contributed by atoms with Crippen LogP contribution < -0.4 is 5.73 Å². The number of aryl methyl sites for hydroxylation is 1. The zero-order chi connectivity index (χ0) is 18.1. The minimum Gasteiger partial charge on any atom is -0.375 e. The Bertz CT molecular complexity index is 921. The number of carbonyl (C=O) groups excluding carboxylic acids is 1. The van der Waals surface area contributed by atoms with Crippen molar-refractivity contribution in [2.24, 2.45) is 0 Å². The maximum atomic E-state index is 13.1. The van der Waals surface area contributed by atoms with Crippen molar-refractivity contribution < 1.29 is 9.32 Å². The molecule has 0 radical (unpaired) electrons. The van der Waals surface area contributed by atoms with E-state index in [-0.39, 0.29) is 11.9 Å². The highest BCUT2D eigenvalue weighted by molar-refractivity contribution is 7.17. The van der Waals surface area contributed by atoms with Crippen LogP contribution in [0.3, 0.4) is 0 Å². The molecule has 0 aliphatic carbocycles. The molecule has 0 spiro atoms. The lowest BCUT2D eigenvalue weighted by Crippen LogP contribution is -2.30. The summed E-state index contributed by atoms with van der Waals surface area (Å²) >= 11 is 1.24. The summed E-state index contributed by atoms with van der Waals surface area (Å²) in [6.45, 7) is 2.63. The largest absolute Gasteiger partial charge is 0.375 e. The lowest BCUT2D eigenvalue weighted by atomic mass is 10.2. The van der Waals surface area contributed by atoms with Crippen LogP contribution >= 0.6 is 11.3 Å². The number of amides is 1. The number of thiazole rings is 1. The van der Waals surface area contributed by atoms with Gasteiger partial charge in [0.25, 0.3) is 5.91 Å². The molecule has 26 heavy (non-hydrogen) atoms.